The van der Waals surface area contributed by atoms with Crippen LogP contribution in [0.25, 0.3) is 0 Å². The van der Waals surface area contributed by atoms with E-state index in [2.05, 4.69) is 17.4 Å². The lowest BCUT2D eigenvalue weighted by molar-refractivity contribution is -0.517. The van der Waals surface area contributed by atoms with Crippen LogP contribution in [-0.2, 0) is 4.74 Å². The van der Waals surface area contributed by atoms with Gasteiger partial charge in [-0.05, 0) is 6.92 Å². The Morgan fingerprint density at radius 2 is 1.47 bits per heavy atom. The highest BCUT2D eigenvalue weighted by molar-refractivity contribution is 7.81. The lowest BCUT2D eigenvalue weighted by atomic mass is 9.93. The Hall–Kier alpha value is -0.0600. The first-order valence-corrected chi connectivity index (χ1v) is 4.19. The number of alkyl halides is 3. The zero-order valence-corrected chi connectivity index (χ0v) is 8.25. The third kappa shape index (κ3) is 1.38. The standard InChI is InChI=1S/C6H9F3O5S/c1-2-3(10,15)4(7,11)5(8,12)6(9,13)14-2/h2,10-13,15H,1H3/t2-,3-,4+,5+,6+/m1/s1. The first-order chi connectivity index (χ1) is 6.38. The molecule has 1 rings (SSSR count). The van der Waals surface area contributed by atoms with Gasteiger partial charge in [-0.15, -0.1) is 12.6 Å². The molecule has 0 amide bonds. The molecule has 1 aliphatic heterocycles. The number of rotatable bonds is 0. The maximum Gasteiger partial charge on any atom is 0.385 e. The Morgan fingerprint density at radius 3 is 1.87 bits per heavy atom. The van der Waals surface area contributed by atoms with E-state index in [1.165, 1.54) is 0 Å². The van der Waals surface area contributed by atoms with Crippen molar-refractivity contribution >= 4 is 12.6 Å². The van der Waals surface area contributed by atoms with Crippen LogP contribution >= 0.6 is 12.6 Å². The van der Waals surface area contributed by atoms with Gasteiger partial charge in [0.05, 0.1) is 0 Å². The number of hydrogen-bond donors (Lipinski definition) is 5. The molecule has 9 heteroatoms. The minimum atomic E-state index is -4.89. The largest absolute Gasteiger partial charge is 0.385 e. The van der Waals surface area contributed by atoms with Crippen LogP contribution in [0.15, 0.2) is 0 Å². The predicted octanol–water partition coefficient (Wildman–Crippen LogP) is -1.04. The molecular weight excluding hydrogens is 241 g/mol. The van der Waals surface area contributed by atoms with Gasteiger partial charge in [-0.1, -0.05) is 0 Å². The minimum absolute atomic E-state index is 0.803. The summed E-state index contributed by atoms with van der Waals surface area (Å²) in [5, 5.41) is 35.2. The molecule has 0 radical (unpaired) electrons. The number of thiol groups is 1. The van der Waals surface area contributed by atoms with E-state index >= 15 is 0 Å². The first-order valence-electron chi connectivity index (χ1n) is 3.74. The number of ether oxygens (including phenoxy) is 1. The van der Waals surface area contributed by atoms with Gasteiger partial charge in [0.1, 0.15) is 6.10 Å². The number of aliphatic hydroxyl groups is 4. The summed E-state index contributed by atoms with van der Waals surface area (Å²) < 4.78 is 43.0. The van der Waals surface area contributed by atoms with E-state index in [0.717, 1.165) is 6.92 Å². The van der Waals surface area contributed by atoms with Crippen LogP contribution in [0.5, 0.6) is 0 Å². The molecule has 1 fully saturated rings. The van der Waals surface area contributed by atoms with Crippen LogP contribution in [0.3, 0.4) is 0 Å². The molecule has 1 heterocycles. The third-order valence-electron chi connectivity index (χ3n) is 2.24. The molecule has 1 aliphatic rings. The molecule has 1 saturated heterocycles. The normalized spacial score (nSPS) is 61.8. The lowest BCUT2D eigenvalue weighted by Crippen LogP contribution is -2.77. The van der Waals surface area contributed by atoms with Crippen molar-refractivity contribution in [1.29, 1.82) is 0 Å². The van der Waals surface area contributed by atoms with Gasteiger partial charge in [0.15, 0.2) is 4.93 Å². The molecule has 0 unspecified atom stereocenters. The van der Waals surface area contributed by atoms with Crippen LogP contribution in [0.1, 0.15) is 6.92 Å². The van der Waals surface area contributed by atoms with E-state index in [0.29, 0.717) is 0 Å². The van der Waals surface area contributed by atoms with Crippen molar-refractivity contribution in [3.05, 3.63) is 0 Å². The van der Waals surface area contributed by atoms with Crippen LogP contribution in [0.2, 0.25) is 0 Å². The van der Waals surface area contributed by atoms with E-state index in [-0.39, 0.29) is 0 Å². The van der Waals surface area contributed by atoms with E-state index in [4.69, 9.17) is 15.3 Å². The van der Waals surface area contributed by atoms with Crippen molar-refractivity contribution in [3.8, 4) is 0 Å². The molecule has 4 N–H and O–H groups in total. The van der Waals surface area contributed by atoms with Crippen molar-refractivity contribution < 1.29 is 38.3 Å². The third-order valence-corrected chi connectivity index (χ3v) is 2.89. The maximum atomic E-state index is 13.3. The highest BCUT2D eigenvalue weighted by atomic mass is 32.1. The van der Waals surface area contributed by atoms with Crippen molar-refractivity contribution in [2.75, 3.05) is 0 Å². The lowest BCUT2D eigenvalue weighted by Gasteiger charge is -2.50. The summed E-state index contributed by atoms with van der Waals surface area (Å²) in [5.74, 6) is -9.45. The van der Waals surface area contributed by atoms with Gasteiger partial charge in [-0.25, -0.2) is 4.39 Å². The second-order valence-electron chi connectivity index (χ2n) is 3.29. The van der Waals surface area contributed by atoms with Crippen LogP contribution in [0, 0.1) is 0 Å². The van der Waals surface area contributed by atoms with Crippen LogP contribution in [0.4, 0.5) is 13.2 Å². The molecular formula is C6H9F3O5S. The summed E-state index contributed by atoms with van der Waals surface area (Å²) in [5.41, 5.74) is 0. The second kappa shape index (κ2) is 2.99. The first kappa shape index (κ1) is 13.0. The van der Waals surface area contributed by atoms with Crippen molar-refractivity contribution in [2.45, 2.75) is 35.7 Å². The Morgan fingerprint density at radius 1 is 1.07 bits per heavy atom. The molecule has 0 aromatic rings. The molecule has 0 aromatic carbocycles. The molecule has 0 aromatic heterocycles. The highest BCUT2D eigenvalue weighted by Gasteiger charge is 2.80. The van der Waals surface area contributed by atoms with E-state index in [1.54, 1.807) is 0 Å². The average molecular weight is 250 g/mol. The summed E-state index contributed by atoms with van der Waals surface area (Å²) >= 11 is 3.11. The molecule has 0 spiro atoms. The van der Waals surface area contributed by atoms with Crippen molar-refractivity contribution in [3.63, 3.8) is 0 Å². The van der Waals surface area contributed by atoms with Gasteiger partial charge >= 0.3 is 17.8 Å². The van der Waals surface area contributed by atoms with Gasteiger partial charge in [0, 0.05) is 0 Å². The van der Waals surface area contributed by atoms with Gasteiger partial charge in [-0.3, -0.25) is 0 Å². The van der Waals surface area contributed by atoms with Crippen molar-refractivity contribution in [1.82, 2.24) is 0 Å². The Labute approximate surface area is 87.5 Å². The van der Waals surface area contributed by atoms with Gasteiger partial charge in [0.2, 0.25) is 0 Å². The Bertz CT molecular complexity index is 280. The zero-order valence-electron chi connectivity index (χ0n) is 7.36. The fraction of sp³-hybridized carbons (Fsp3) is 1.00. The van der Waals surface area contributed by atoms with E-state index < -0.39 is 28.8 Å². The topological polar surface area (TPSA) is 90.2 Å². The molecule has 0 bridgehead atoms. The molecule has 15 heavy (non-hydrogen) atoms. The zero-order chi connectivity index (χ0) is 12.3. The van der Waals surface area contributed by atoms with Crippen LogP contribution < -0.4 is 0 Å². The van der Waals surface area contributed by atoms with Crippen molar-refractivity contribution in [2.24, 2.45) is 0 Å². The summed E-state index contributed by atoms with van der Waals surface area (Å²) in [4.78, 5) is -3.24. The van der Waals surface area contributed by atoms with Gasteiger partial charge in [-0.2, -0.15) is 8.78 Å². The molecule has 90 valence electrons. The summed E-state index contributed by atoms with van der Waals surface area (Å²) in [6.45, 7) is 0.803. The summed E-state index contributed by atoms with van der Waals surface area (Å²) in [7, 11) is 0. The highest BCUT2D eigenvalue weighted by Crippen LogP contribution is 2.52. The van der Waals surface area contributed by atoms with Gasteiger partial charge < -0.3 is 25.2 Å². The monoisotopic (exact) mass is 250 g/mol. The van der Waals surface area contributed by atoms with E-state index in [1.807, 2.05) is 0 Å². The predicted molar refractivity (Wildman–Crippen MR) is 42.7 cm³/mol. The molecule has 5 nitrogen and oxygen atoms in total. The van der Waals surface area contributed by atoms with Crippen LogP contribution in [-0.4, -0.2) is 49.2 Å². The van der Waals surface area contributed by atoms with E-state index in [9.17, 15) is 18.3 Å². The maximum absolute atomic E-state index is 13.3. The Balaban J connectivity index is 3.30. The smallest absolute Gasteiger partial charge is 0.372 e. The fourth-order valence-corrected chi connectivity index (χ4v) is 1.31. The van der Waals surface area contributed by atoms with Gasteiger partial charge in [0.25, 0.3) is 0 Å². The molecule has 0 aliphatic carbocycles. The molecule has 0 saturated carbocycles. The fourth-order valence-electron chi connectivity index (χ4n) is 1.11. The number of hydrogen-bond acceptors (Lipinski definition) is 6. The average Bonchev–Trinajstić information content (AvgIpc) is 2.00. The quantitative estimate of drug-likeness (QED) is 0.280. The SMILES string of the molecule is C[C@H]1O[C@](O)(F)[C@](O)(F)[C@](O)(F)[C@]1(O)S. The Kier molecular flexibility index (Phi) is 2.59. The summed E-state index contributed by atoms with van der Waals surface area (Å²) in [6, 6.07) is -4.51. The second-order valence-corrected chi connectivity index (χ2v) is 3.97. The minimum Gasteiger partial charge on any atom is -0.372 e. The molecule has 5 atom stereocenters. The summed E-state index contributed by atoms with van der Waals surface area (Å²) in [6.07, 6.45) is -1.93. The number of halogens is 3.